The third-order valence-electron chi connectivity index (χ3n) is 3.49. The summed E-state index contributed by atoms with van der Waals surface area (Å²) in [6.07, 6.45) is 0.634. The fraction of sp³-hybridized carbons (Fsp3) is 0.176. The smallest absolute Gasteiger partial charge is 0.251 e. The van der Waals surface area contributed by atoms with E-state index in [0.717, 1.165) is 11.1 Å². The van der Waals surface area contributed by atoms with Gasteiger partial charge in [-0.3, -0.25) is 0 Å². The van der Waals surface area contributed by atoms with Crippen LogP contribution in [0.3, 0.4) is 0 Å². The Morgan fingerprint density at radius 3 is 2.29 bits per heavy atom. The van der Waals surface area contributed by atoms with Gasteiger partial charge in [0.2, 0.25) is 0 Å². The first-order chi connectivity index (χ1) is 10.2. The van der Waals surface area contributed by atoms with E-state index < -0.39 is 5.54 Å². The molecule has 4 nitrogen and oxygen atoms in total. The predicted octanol–water partition coefficient (Wildman–Crippen LogP) is 2.88. The molecule has 0 radical (unpaired) electrons. The van der Waals surface area contributed by atoms with Gasteiger partial charge in [0, 0.05) is 6.42 Å². The van der Waals surface area contributed by atoms with E-state index in [0.29, 0.717) is 18.1 Å². The molecular formula is C17H17N3O. The third kappa shape index (κ3) is 2.85. The van der Waals surface area contributed by atoms with Crippen molar-refractivity contribution < 1.29 is 4.52 Å². The van der Waals surface area contributed by atoms with Crippen LogP contribution >= 0.6 is 0 Å². The number of hydrogen-bond acceptors (Lipinski definition) is 4. The van der Waals surface area contributed by atoms with E-state index in [-0.39, 0.29) is 0 Å². The molecule has 0 bridgehead atoms. The van der Waals surface area contributed by atoms with Crippen LogP contribution in [-0.4, -0.2) is 10.1 Å². The van der Waals surface area contributed by atoms with Gasteiger partial charge in [-0.05, 0) is 18.1 Å². The summed E-state index contributed by atoms with van der Waals surface area (Å²) in [7, 11) is 0. The van der Waals surface area contributed by atoms with Gasteiger partial charge in [0.1, 0.15) is 5.54 Å². The van der Waals surface area contributed by atoms with Gasteiger partial charge in [0.15, 0.2) is 5.82 Å². The summed E-state index contributed by atoms with van der Waals surface area (Å²) in [6, 6.07) is 19.8. The second-order valence-electron chi connectivity index (χ2n) is 5.25. The Balaban J connectivity index is 1.85. The summed E-state index contributed by atoms with van der Waals surface area (Å²) in [5.74, 6) is 1.07. The Labute approximate surface area is 123 Å². The molecule has 1 aromatic heterocycles. The lowest BCUT2D eigenvalue weighted by atomic mass is 9.93. The molecule has 0 aliphatic rings. The highest BCUT2D eigenvalue weighted by molar-refractivity contribution is 5.29. The normalized spacial score (nSPS) is 13.8. The average molecular weight is 279 g/mol. The summed E-state index contributed by atoms with van der Waals surface area (Å²) in [5.41, 5.74) is 7.67. The summed E-state index contributed by atoms with van der Waals surface area (Å²) in [4.78, 5) is 4.45. The lowest BCUT2D eigenvalue weighted by Gasteiger charge is -2.20. The molecule has 1 atom stereocenters. The van der Waals surface area contributed by atoms with E-state index in [4.69, 9.17) is 10.3 Å². The van der Waals surface area contributed by atoms with Gasteiger partial charge in [0.05, 0.1) is 0 Å². The molecule has 3 aromatic rings. The van der Waals surface area contributed by atoms with E-state index in [1.54, 1.807) is 0 Å². The van der Waals surface area contributed by atoms with Gasteiger partial charge in [-0.2, -0.15) is 4.98 Å². The van der Waals surface area contributed by atoms with Crippen molar-refractivity contribution in [2.45, 2.75) is 18.9 Å². The Kier molecular flexibility index (Phi) is 3.54. The molecule has 1 unspecified atom stereocenters. The number of nitrogens with zero attached hydrogens (tertiary/aromatic N) is 2. The zero-order valence-electron chi connectivity index (χ0n) is 11.9. The lowest BCUT2D eigenvalue weighted by Crippen LogP contribution is -2.34. The minimum absolute atomic E-state index is 0.430. The van der Waals surface area contributed by atoms with Gasteiger partial charge >= 0.3 is 0 Å². The number of benzene rings is 2. The Morgan fingerprint density at radius 1 is 1.00 bits per heavy atom. The van der Waals surface area contributed by atoms with Crippen LogP contribution in [0.2, 0.25) is 0 Å². The zero-order valence-corrected chi connectivity index (χ0v) is 11.9. The molecule has 2 aromatic carbocycles. The number of rotatable bonds is 4. The van der Waals surface area contributed by atoms with Crippen LogP contribution in [-0.2, 0) is 12.0 Å². The first-order valence-corrected chi connectivity index (χ1v) is 6.87. The van der Waals surface area contributed by atoms with E-state index >= 15 is 0 Å². The molecule has 2 N–H and O–H groups in total. The van der Waals surface area contributed by atoms with Gasteiger partial charge in [-0.1, -0.05) is 65.8 Å². The van der Waals surface area contributed by atoms with E-state index in [9.17, 15) is 0 Å². The van der Waals surface area contributed by atoms with Crippen molar-refractivity contribution >= 4 is 0 Å². The molecule has 106 valence electrons. The molecule has 3 rings (SSSR count). The molecular weight excluding hydrogens is 262 g/mol. The average Bonchev–Trinajstić information content (AvgIpc) is 2.98. The summed E-state index contributed by atoms with van der Waals surface area (Å²) in [5, 5.41) is 4.04. The minimum Gasteiger partial charge on any atom is -0.337 e. The van der Waals surface area contributed by atoms with Crippen LogP contribution in [0.4, 0.5) is 0 Å². The van der Waals surface area contributed by atoms with Crippen LogP contribution in [0.15, 0.2) is 65.2 Å². The molecule has 0 spiro atoms. The van der Waals surface area contributed by atoms with Crippen molar-refractivity contribution in [3.63, 3.8) is 0 Å². The molecule has 0 amide bonds. The number of aromatic nitrogens is 2. The first-order valence-electron chi connectivity index (χ1n) is 6.87. The van der Waals surface area contributed by atoms with Crippen molar-refractivity contribution in [3.8, 4) is 0 Å². The first kappa shape index (κ1) is 13.5. The number of hydrogen-bond donors (Lipinski definition) is 1. The Bertz CT molecular complexity index is 705. The molecule has 0 saturated carbocycles. The number of nitrogens with two attached hydrogens (primary N) is 1. The lowest BCUT2D eigenvalue weighted by molar-refractivity contribution is 0.323. The van der Waals surface area contributed by atoms with Crippen LogP contribution in [0.25, 0.3) is 0 Å². The second-order valence-corrected chi connectivity index (χ2v) is 5.25. The molecule has 1 heterocycles. The van der Waals surface area contributed by atoms with Gasteiger partial charge < -0.3 is 10.3 Å². The fourth-order valence-electron chi connectivity index (χ4n) is 2.22. The Hall–Kier alpha value is -2.46. The maximum Gasteiger partial charge on any atom is 0.251 e. The zero-order chi connectivity index (χ0) is 14.7. The van der Waals surface area contributed by atoms with Crippen molar-refractivity contribution in [2.24, 2.45) is 5.73 Å². The maximum atomic E-state index is 6.37. The fourth-order valence-corrected chi connectivity index (χ4v) is 2.22. The van der Waals surface area contributed by atoms with Crippen molar-refractivity contribution in [1.82, 2.24) is 10.1 Å². The molecule has 21 heavy (non-hydrogen) atoms. The van der Waals surface area contributed by atoms with Crippen molar-refractivity contribution in [3.05, 3.63) is 83.5 Å². The standard InChI is InChI=1S/C17H17N3O/c1-17(18,14-10-6-3-7-11-14)16-19-15(20-21-16)12-13-8-4-2-5-9-13/h2-11H,12,18H2,1H3. The van der Waals surface area contributed by atoms with Crippen LogP contribution in [0.1, 0.15) is 29.8 Å². The molecule has 4 heteroatoms. The topological polar surface area (TPSA) is 64.9 Å². The summed E-state index contributed by atoms with van der Waals surface area (Å²) < 4.78 is 5.37. The van der Waals surface area contributed by atoms with E-state index in [1.807, 2.05) is 67.6 Å². The molecule has 0 aliphatic heterocycles. The molecule has 0 aliphatic carbocycles. The van der Waals surface area contributed by atoms with Gasteiger partial charge in [0.25, 0.3) is 5.89 Å². The summed E-state index contributed by atoms with van der Waals surface area (Å²) >= 11 is 0. The van der Waals surface area contributed by atoms with Crippen molar-refractivity contribution in [1.29, 1.82) is 0 Å². The van der Waals surface area contributed by atoms with Crippen LogP contribution < -0.4 is 5.73 Å². The quantitative estimate of drug-likeness (QED) is 0.797. The highest BCUT2D eigenvalue weighted by atomic mass is 16.5. The SMILES string of the molecule is CC(N)(c1ccccc1)c1nc(Cc2ccccc2)no1. The van der Waals surface area contributed by atoms with Crippen LogP contribution in [0.5, 0.6) is 0 Å². The Morgan fingerprint density at radius 2 is 1.62 bits per heavy atom. The maximum absolute atomic E-state index is 6.37. The van der Waals surface area contributed by atoms with Crippen LogP contribution in [0, 0.1) is 0 Å². The predicted molar refractivity (Wildman–Crippen MR) is 80.6 cm³/mol. The largest absolute Gasteiger partial charge is 0.337 e. The van der Waals surface area contributed by atoms with E-state index in [1.165, 1.54) is 0 Å². The van der Waals surface area contributed by atoms with E-state index in [2.05, 4.69) is 10.1 Å². The molecule has 0 fully saturated rings. The highest BCUT2D eigenvalue weighted by Gasteiger charge is 2.30. The summed E-state index contributed by atoms with van der Waals surface area (Å²) in [6.45, 7) is 1.88. The van der Waals surface area contributed by atoms with Crippen molar-refractivity contribution in [2.75, 3.05) is 0 Å². The molecule has 0 saturated heterocycles. The minimum atomic E-state index is -0.788. The van der Waals surface area contributed by atoms with Gasteiger partial charge in [-0.25, -0.2) is 0 Å². The second kappa shape index (κ2) is 5.50. The van der Waals surface area contributed by atoms with Gasteiger partial charge in [-0.15, -0.1) is 0 Å². The third-order valence-corrected chi connectivity index (χ3v) is 3.49. The monoisotopic (exact) mass is 279 g/mol. The highest BCUT2D eigenvalue weighted by Crippen LogP contribution is 2.25.